The van der Waals surface area contributed by atoms with Crippen molar-refractivity contribution in [3.63, 3.8) is 0 Å². The van der Waals surface area contributed by atoms with Crippen LogP contribution in [0.3, 0.4) is 0 Å². The van der Waals surface area contributed by atoms with Gasteiger partial charge in [0.15, 0.2) is 0 Å². The molecule has 1 unspecified atom stereocenters. The summed E-state index contributed by atoms with van der Waals surface area (Å²) in [5.41, 5.74) is 1.18. The lowest BCUT2D eigenvalue weighted by Gasteiger charge is -2.13. The average Bonchev–Trinajstić information content (AvgIpc) is 2.96. The number of hydrogen-bond donors (Lipinski definition) is 1. The van der Waals surface area contributed by atoms with E-state index in [1.807, 2.05) is 24.3 Å². The Balaban J connectivity index is 1.74. The highest BCUT2D eigenvalue weighted by Crippen LogP contribution is 2.09. The summed E-state index contributed by atoms with van der Waals surface area (Å²) in [5, 5.41) is 3.49. The Bertz CT molecular complexity index is 483. The van der Waals surface area contributed by atoms with Crippen LogP contribution in [0, 0.1) is 0 Å². The Morgan fingerprint density at radius 2 is 2.32 bits per heavy atom. The van der Waals surface area contributed by atoms with E-state index in [0.717, 1.165) is 25.1 Å². The molecule has 1 atom stereocenters. The minimum atomic E-state index is 0.435. The molecular weight excluding hydrogens is 240 g/mol. The van der Waals surface area contributed by atoms with Crippen molar-refractivity contribution in [3.05, 3.63) is 48.0 Å². The molecule has 0 aromatic carbocycles. The van der Waals surface area contributed by atoms with Crippen LogP contribution in [0.1, 0.15) is 24.7 Å². The van der Waals surface area contributed by atoms with E-state index in [4.69, 9.17) is 9.15 Å². The number of aromatic nitrogens is 1. The van der Waals surface area contributed by atoms with Crippen molar-refractivity contribution in [1.82, 2.24) is 10.3 Å². The predicted molar refractivity (Wildman–Crippen MR) is 74.1 cm³/mol. The summed E-state index contributed by atoms with van der Waals surface area (Å²) >= 11 is 0. The number of aryl methyl sites for hydroxylation is 1. The zero-order chi connectivity index (χ0) is 13.5. The lowest BCUT2D eigenvalue weighted by molar-refractivity contribution is 0.396. The van der Waals surface area contributed by atoms with Crippen molar-refractivity contribution in [2.24, 2.45) is 0 Å². The second-order valence-electron chi connectivity index (χ2n) is 4.61. The minimum absolute atomic E-state index is 0.435. The fraction of sp³-hybridized carbons (Fsp3) is 0.400. The van der Waals surface area contributed by atoms with Gasteiger partial charge in [-0.25, -0.2) is 4.98 Å². The zero-order valence-corrected chi connectivity index (χ0v) is 11.4. The van der Waals surface area contributed by atoms with E-state index < -0.39 is 0 Å². The average molecular weight is 260 g/mol. The summed E-state index contributed by atoms with van der Waals surface area (Å²) in [4.78, 5) is 4.09. The SMILES string of the molecule is COc1cc(CNC(C)CCc2ccco2)ccn1. The molecule has 0 radical (unpaired) electrons. The van der Waals surface area contributed by atoms with Gasteiger partial charge in [0, 0.05) is 31.3 Å². The Kier molecular flexibility index (Phi) is 4.98. The van der Waals surface area contributed by atoms with Crippen LogP contribution in [-0.2, 0) is 13.0 Å². The highest BCUT2D eigenvalue weighted by atomic mass is 16.5. The van der Waals surface area contributed by atoms with E-state index in [1.165, 1.54) is 5.56 Å². The van der Waals surface area contributed by atoms with Crippen LogP contribution in [0.4, 0.5) is 0 Å². The van der Waals surface area contributed by atoms with E-state index in [2.05, 4.69) is 17.2 Å². The summed E-state index contributed by atoms with van der Waals surface area (Å²) in [6, 6.07) is 8.32. The Morgan fingerprint density at radius 3 is 3.05 bits per heavy atom. The van der Waals surface area contributed by atoms with Crippen LogP contribution >= 0.6 is 0 Å². The number of hydrogen-bond acceptors (Lipinski definition) is 4. The van der Waals surface area contributed by atoms with Crippen LogP contribution in [0.2, 0.25) is 0 Å². The molecule has 19 heavy (non-hydrogen) atoms. The maximum Gasteiger partial charge on any atom is 0.213 e. The molecule has 2 aromatic heterocycles. The molecule has 4 nitrogen and oxygen atoms in total. The van der Waals surface area contributed by atoms with Gasteiger partial charge < -0.3 is 14.5 Å². The van der Waals surface area contributed by atoms with E-state index in [0.29, 0.717) is 11.9 Å². The van der Waals surface area contributed by atoms with Gasteiger partial charge in [0.05, 0.1) is 13.4 Å². The van der Waals surface area contributed by atoms with Crippen molar-refractivity contribution in [1.29, 1.82) is 0 Å². The van der Waals surface area contributed by atoms with Gasteiger partial charge >= 0.3 is 0 Å². The molecule has 2 rings (SSSR count). The highest BCUT2D eigenvalue weighted by molar-refractivity contribution is 5.20. The normalized spacial score (nSPS) is 12.3. The van der Waals surface area contributed by atoms with Crippen molar-refractivity contribution >= 4 is 0 Å². The summed E-state index contributed by atoms with van der Waals surface area (Å²) in [7, 11) is 1.63. The molecule has 0 fully saturated rings. The summed E-state index contributed by atoms with van der Waals surface area (Å²) < 4.78 is 10.4. The molecular formula is C15H20N2O2. The lowest BCUT2D eigenvalue weighted by Crippen LogP contribution is -2.25. The van der Waals surface area contributed by atoms with Crippen molar-refractivity contribution in [3.8, 4) is 5.88 Å². The maximum atomic E-state index is 5.32. The second-order valence-corrected chi connectivity index (χ2v) is 4.61. The molecule has 0 aliphatic carbocycles. The molecule has 0 amide bonds. The van der Waals surface area contributed by atoms with E-state index >= 15 is 0 Å². The monoisotopic (exact) mass is 260 g/mol. The molecule has 0 saturated heterocycles. The van der Waals surface area contributed by atoms with Gasteiger partial charge in [-0.1, -0.05) is 0 Å². The quantitative estimate of drug-likeness (QED) is 0.831. The number of methoxy groups -OCH3 is 1. The van der Waals surface area contributed by atoms with E-state index in [-0.39, 0.29) is 0 Å². The third-order valence-corrected chi connectivity index (χ3v) is 3.07. The standard InChI is InChI=1S/C15H20N2O2/c1-12(5-6-14-4-3-9-19-14)17-11-13-7-8-16-15(10-13)18-2/h3-4,7-10,12,17H,5-6,11H2,1-2H3. The first-order valence-electron chi connectivity index (χ1n) is 6.52. The smallest absolute Gasteiger partial charge is 0.213 e. The molecule has 0 saturated carbocycles. The molecule has 102 valence electrons. The fourth-order valence-corrected chi connectivity index (χ4v) is 1.88. The van der Waals surface area contributed by atoms with Crippen LogP contribution in [0.5, 0.6) is 5.88 Å². The van der Waals surface area contributed by atoms with Crippen LogP contribution in [0.25, 0.3) is 0 Å². The van der Waals surface area contributed by atoms with Gasteiger partial charge in [-0.15, -0.1) is 0 Å². The van der Waals surface area contributed by atoms with Gasteiger partial charge in [0.25, 0.3) is 0 Å². The van der Waals surface area contributed by atoms with E-state index in [9.17, 15) is 0 Å². The molecule has 4 heteroatoms. The summed E-state index contributed by atoms with van der Waals surface area (Å²) in [6.07, 6.45) is 5.50. The Hall–Kier alpha value is -1.81. The number of ether oxygens (including phenoxy) is 1. The van der Waals surface area contributed by atoms with Gasteiger partial charge in [-0.2, -0.15) is 0 Å². The number of nitrogens with zero attached hydrogens (tertiary/aromatic N) is 1. The van der Waals surface area contributed by atoms with Crippen molar-refractivity contribution in [2.45, 2.75) is 32.4 Å². The maximum absolute atomic E-state index is 5.32. The first kappa shape index (κ1) is 13.6. The van der Waals surface area contributed by atoms with Gasteiger partial charge in [0.1, 0.15) is 5.76 Å². The molecule has 0 spiro atoms. The molecule has 0 aliphatic rings. The molecule has 0 aliphatic heterocycles. The second kappa shape index (κ2) is 6.95. The van der Waals surface area contributed by atoms with Gasteiger partial charge in [-0.3, -0.25) is 0 Å². The fourth-order valence-electron chi connectivity index (χ4n) is 1.88. The lowest BCUT2D eigenvalue weighted by atomic mass is 10.1. The molecule has 2 aromatic rings. The first-order valence-corrected chi connectivity index (χ1v) is 6.52. The Morgan fingerprint density at radius 1 is 1.42 bits per heavy atom. The third-order valence-electron chi connectivity index (χ3n) is 3.07. The first-order chi connectivity index (χ1) is 9.28. The summed E-state index contributed by atoms with van der Waals surface area (Å²) in [5.74, 6) is 1.70. The minimum Gasteiger partial charge on any atom is -0.481 e. The number of furan rings is 1. The van der Waals surface area contributed by atoms with E-state index in [1.54, 1.807) is 19.6 Å². The third kappa shape index (κ3) is 4.41. The Labute approximate surface area is 113 Å². The van der Waals surface area contributed by atoms with Crippen molar-refractivity contribution in [2.75, 3.05) is 7.11 Å². The zero-order valence-electron chi connectivity index (χ0n) is 11.4. The number of nitrogens with one attached hydrogen (secondary N) is 1. The van der Waals surface area contributed by atoms with Gasteiger partial charge in [0.2, 0.25) is 5.88 Å². The predicted octanol–water partition coefficient (Wildman–Crippen LogP) is 2.79. The number of pyridine rings is 1. The van der Waals surface area contributed by atoms with Crippen LogP contribution in [0.15, 0.2) is 41.1 Å². The van der Waals surface area contributed by atoms with Crippen LogP contribution < -0.4 is 10.1 Å². The highest BCUT2D eigenvalue weighted by Gasteiger charge is 2.04. The largest absolute Gasteiger partial charge is 0.481 e. The summed E-state index contributed by atoms with van der Waals surface area (Å²) in [6.45, 7) is 3.00. The van der Waals surface area contributed by atoms with Gasteiger partial charge in [-0.05, 0) is 37.1 Å². The number of rotatable bonds is 7. The van der Waals surface area contributed by atoms with Crippen LogP contribution in [-0.4, -0.2) is 18.1 Å². The molecule has 0 bridgehead atoms. The molecule has 1 N–H and O–H groups in total. The van der Waals surface area contributed by atoms with Crippen molar-refractivity contribution < 1.29 is 9.15 Å². The topological polar surface area (TPSA) is 47.3 Å². The molecule has 2 heterocycles.